The van der Waals surface area contributed by atoms with Gasteiger partial charge in [-0.05, 0) is 12.5 Å². The summed E-state index contributed by atoms with van der Waals surface area (Å²) < 4.78 is 1.23. The van der Waals surface area contributed by atoms with Gasteiger partial charge in [0, 0.05) is 6.07 Å². The Labute approximate surface area is 64.1 Å². The molecule has 1 aromatic heterocycles. The number of rotatable bonds is 2. The second-order valence-corrected chi connectivity index (χ2v) is 2.32. The first-order valence-electron chi connectivity index (χ1n) is 3.38. The number of hydrogen-bond donors (Lipinski definition) is 1. The van der Waals surface area contributed by atoms with E-state index in [1.807, 2.05) is 0 Å². The highest BCUT2D eigenvalue weighted by Crippen LogP contribution is 1.85. The van der Waals surface area contributed by atoms with Crippen LogP contribution >= 0.6 is 0 Å². The molecule has 0 aromatic carbocycles. The molecular formula is C7H10N2O2. The lowest BCUT2D eigenvalue weighted by Gasteiger charge is -1.99. The van der Waals surface area contributed by atoms with Crippen LogP contribution in [0.25, 0.3) is 0 Å². The summed E-state index contributed by atoms with van der Waals surface area (Å²) in [6, 6.07) is 1.49. The first-order chi connectivity index (χ1) is 5.24. The molecular weight excluding hydrogens is 144 g/mol. The molecule has 0 saturated heterocycles. The SMILES string of the molecule is Cc1cnn(CCO)c(=O)c1. The number of aryl methyl sites for hydroxylation is 1. The van der Waals surface area contributed by atoms with Crippen molar-refractivity contribution < 1.29 is 5.11 Å². The Morgan fingerprint density at radius 1 is 1.73 bits per heavy atom. The number of aliphatic hydroxyl groups is 1. The highest BCUT2D eigenvalue weighted by molar-refractivity contribution is 5.02. The summed E-state index contributed by atoms with van der Waals surface area (Å²) in [4.78, 5) is 11.0. The molecule has 0 atom stereocenters. The van der Waals surface area contributed by atoms with E-state index in [9.17, 15) is 4.79 Å². The van der Waals surface area contributed by atoms with Crippen LogP contribution in [0.15, 0.2) is 17.1 Å². The highest BCUT2D eigenvalue weighted by Gasteiger charge is 1.94. The van der Waals surface area contributed by atoms with E-state index < -0.39 is 0 Å². The molecule has 11 heavy (non-hydrogen) atoms. The van der Waals surface area contributed by atoms with Gasteiger partial charge in [-0.2, -0.15) is 5.10 Å². The van der Waals surface area contributed by atoms with E-state index >= 15 is 0 Å². The molecule has 1 aromatic rings. The molecule has 0 unspecified atom stereocenters. The van der Waals surface area contributed by atoms with Crippen molar-refractivity contribution in [2.75, 3.05) is 6.61 Å². The lowest BCUT2D eigenvalue weighted by atomic mass is 10.3. The van der Waals surface area contributed by atoms with Crippen LogP contribution in [0.3, 0.4) is 0 Å². The van der Waals surface area contributed by atoms with Gasteiger partial charge < -0.3 is 5.11 Å². The number of aliphatic hydroxyl groups excluding tert-OH is 1. The van der Waals surface area contributed by atoms with Gasteiger partial charge in [-0.15, -0.1) is 0 Å². The van der Waals surface area contributed by atoms with Gasteiger partial charge in [-0.3, -0.25) is 4.79 Å². The Kier molecular flexibility index (Phi) is 2.38. The molecule has 0 saturated carbocycles. The van der Waals surface area contributed by atoms with Crippen molar-refractivity contribution in [2.24, 2.45) is 0 Å². The molecule has 0 fully saturated rings. The minimum absolute atomic E-state index is 0.0596. The first-order valence-corrected chi connectivity index (χ1v) is 3.38. The Hall–Kier alpha value is -1.16. The van der Waals surface area contributed by atoms with Crippen LogP contribution in [-0.4, -0.2) is 21.5 Å². The molecule has 0 aliphatic heterocycles. The lowest BCUT2D eigenvalue weighted by Crippen LogP contribution is -2.23. The Morgan fingerprint density at radius 2 is 2.45 bits per heavy atom. The summed E-state index contributed by atoms with van der Waals surface area (Å²) >= 11 is 0. The minimum atomic E-state index is -0.168. The van der Waals surface area contributed by atoms with E-state index in [0.29, 0.717) is 0 Å². The quantitative estimate of drug-likeness (QED) is 0.627. The predicted octanol–water partition coefficient (Wildman–Crippen LogP) is -0.456. The molecule has 4 nitrogen and oxygen atoms in total. The lowest BCUT2D eigenvalue weighted by molar-refractivity contribution is 0.266. The standard InChI is InChI=1S/C7H10N2O2/c1-6-4-7(11)9(2-3-10)8-5-6/h4-5,10H,2-3H2,1H3. The van der Waals surface area contributed by atoms with Crippen molar-refractivity contribution in [1.82, 2.24) is 9.78 Å². The Bertz CT molecular complexity index is 293. The topological polar surface area (TPSA) is 55.1 Å². The van der Waals surface area contributed by atoms with Crippen LogP contribution in [-0.2, 0) is 6.54 Å². The van der Waals surface area contributed by atoms with Crippen LogP contribution in [0, 0.1) is 6.92 Å². The summed E-state index contributed by atoms with van der Waals surface area (Å²) in [6.45, 7) is 2.01. The predicted molar refractivity (Wildman–Crippen MR) is 40.3 cm³/mol. The van der Waals surface area contributed by atoms with E-state index in [1.54, 1.807) is 13.1 Å². The zero-order valence-corrected chi connectivity index (χ0v) is 6.32. The largest absolute Gasteiger partial charge is 0.394 e. The van der Waals surface area contributed by atoms with Crippen LogP contribution in [0.4, 0.5) is 0 Å². The van der Waals surface area contributed by atoms with E-state index in [1.165, 1.54) is 10.7 Å². The summed E-state index contributed by atoms with van der Waals surface area (Å²) in [6.07, 6.45) is 1.59. The van der Waals surface area contributed by atoms with Crippen molar-refractivity contribution in [3.05, 3.63) is 28.2 Å². The van der Waals surface area contributed by atoms with Crippen molar-refractivity contribution >= 4 is 0 Å². The summed E-state index contributed by atoms with van der Waals surface area (Å²) in [7, 11) is 0. The number of hydrogen-bond acceptors (Lipinski definition) is 3. The first kappa shape index (κ1) is 7.94. The fourth-order valence-electron chi connectivity index (χ4n) is 0.787. The van der Waals surface area contributed by atoms with E-state index in [0.717, 1.165) is 5.56 Å². The zero-order chi connectivity index (χ0) is 8.27. The molecule has 0 spiro atoms. The molecule has 1 heterocycles. The van der Waals surface area contributed by atoms with E-state index in [2.05, 4.69) is 5.10 Å². The Morgan fingerprint density at radius 3 is 3.00 bits per heavy atom. The van der Waals surface area contributed by atoms with Crippen molar-refractivity contribution in [3.8, 4) is 0 Å². The van der Waals surface area contributed by atoms with E-state index in [4.69, 9.17) is 5.11 Å². The average molecular weight is 154 g/mol. The normalized spacial score (nSPS) is 10.0. The fraction of sp³-hybridized carbons (Fsp3) is 0.429. The van der Waals surface area contributed by atoms with Gasteiger partial charge in [0.05, 0.1) is 19.3 Å². The van der Waals surface area contributed by atoms with Gasteiger partial charge in [0.2, 0.25) is 0 Å². The molecule has 0 radical (unpaired) electrons. The third-order valence-electron chi connectivity index (χ3n) is 1.32. The molecule has 0 amide bonds. The summed E-state index contributed by atoms with van der Waals surface area (Å²) in [5, 5.41) is 12.3. The smallest absolute Gasteiger partial charge is 0.267 e. The molecule has 0 aliphatic rings. The van der Waals surface area contributed by atoms with E-state index in [-0.39, 0.29) is 18.7 Å². The number of aromatic nitrogens is 2. The second kappa shape index (κ2) is 3.30. The Balaban J connectivity index is 3.00. The molecule has 1 N–H and O–H groups in total. The summed E-state index contributed by atoms with van der Waals surface area (Å²) in [5.74, 6) is 0. The average Bonchev–Trinajstić information content (AvgIpc) is 1.95. The maximum absolute atomic E-state index is 11.0. The van der Waals surface area contributed by atoms with Gasteiger partial charge >= 0.3 is 0 Å². The number of nitrogens with zero attached hydrogens (tertiary/aromatic N) is 2. The van der Waals surface area contributed by atoms with Crippen LogP contribution < -0.4 is 5.56 Å². The van der Waals surface area contributed by atoms with Gasteiger partial charge in [-0.25, -0.2) is 4.68 Å². The highest BCUT2D eigenvalue weighted by atomic mass is 16.3. The van der Waals surface area contributed by atoms with Gasteiger partial charge in [-0.1, -0.05) is 0 Å². The van der Waals surface area contributed by atoms with Crippen LogP contribution in [0.1, 0.15) is 5.56 Å². The van der Waals surface area contributed by atoms with Gasteiger partial charge in [0.25, 0.3) is 5.56 Å². The molecule has 60 valence electrons. The molecule has 0 bridgehead atoms. The summed E-state index contributed by atoms with van der Waals surface area (Å²) in [5.41, 5.74) is 0.670. The zero-order valence-electron chi connectivity index (χ0n) is 6.32. The van der Waals surface area contributed by atoms with Gasteiger partial charge in [0.1, 0.15) is 0 Å². The maximum Gasteiger partial charge on any atom is 0.267 e. The van der Waals surface area contributed by atoms with Crippen LogP contribution in [0.2, 0.25) is 0 Å². The molecule has 4 heteroatoms. The minimum Gasteiger partial charge on any atom is -0.394 e. The molecule has 0 aliphatic carbocycles. The maximum atomic E-state index is 11.0. The van der Waals surface area contributed by atoms with Crippen molar-refractivity contribution in [2.45, 2.75) is 13.5 Å². The monoisotopic (exact) mass is 154 g/mol. The second-order valence-electron chi connectivity index (χ2n) is 2.32. The third kappa shape index (κ3) is 1.88. The van der Waals surface area contributed by atoms with Crippen molar-refractivity contribution in [3.63, 3.8) is 0 Å². The third-order valence-corrected chi connectivity index (χ3v) is 1.32. The van der Waals surface area contributed by atoms with Crippen LogP contribution in [0.5, 0.6) is 0 Å². The van der Waals surface area contributed by atoms with Crippen molar-refractivity contribution in [1.29, 1.82) is 0 Å². The van der Waals surface area contributed by atoms with Gasteiger partial charge in [0.15, 0.2) is 0 Å². The fourth-order valence-corrected chi connectivity index (χ4v) is 0.787. The molecule has 1 rings (SSSR count).